The molecule has 2 aliphatic heterocycles. The van der Waals surface area contributed by atoms with Gasteiger partial charge in [-0.1, -0.05) is 36.0 Å². The number of hydrogen-bond acceptors (Lipinski definition) is 8. The summed E-state index contributed by atoms with van der Waals surface area (Å²) < 4.78 is 74.6. The van der Waals surface area contributed by atoms with Gasteiger partial charge in [-0.05, 0) is 60.5 Å². The van der Waals surface area contributed by atoms with Gasteiger partial charge in [0.2, 0.25) is 15.9 Å². The summed E-state index contributed by atoms with van der Waals surface area (Å²) in [6.45, 7) is 1.37. The van der Waals surface area contributed by atoms with Gasteiger partial charge in [0.15, 0.2) is 11.0 Å². The van der Waals surface area contributed by atoms with E-state index in [1.807, 2.05) is 24.3 Å². The van der Waals surface area contributed by atoms with Crippen LogP contribution in [0.5, 0.6) is 0 Å². The second kappa shape index (κ2) is 13.5. The van der Waals surface area contributed by atoms with E-state index in [0.717, 1.165) is 41.6 Å². The fourth-order valence-corrected chi connectivity index (χ4v) is 7.62. The second-order valence-corrected chi connectivity index (χ2v) is 13.6. The largest absolute Gasteiger partial charge is 0.416 e. The zero-order chi connectivity index (χ0) is 33.2. The van der Waals surface area contributed by atoms with Gasteiger partial charge in [-0.2, -0.15) is 17.5 Å². The Morgan fingerprint density at radius 2 is 1.68 bits per heavy atom. The molecule has 47 heavy (non-hydrogen) atoms. The molecule has 3 heterocycles. The first-order chi connectivity index (χ1) is 22.5. The lowest BCUT2D eigenvalue weighted by atomic mass is 10.2. The molecule has 246 valence electrons. The van der Waals surface area contributed by atoms with Crippen molar-refractivity contribution in [3.8, 4) is 5.69 Å². The molecular weight excluding hydrogens is 658 g/mol. The lowest BCUT2D eigenvalue weighted by Crippen LogP contribution is -2.40. The van der Waals surface area contributed by atoms with Crippen molar-refractivity contribution in [2.24, 2.45) is 0 Å². The van der Waals surface area contributed by atoms with Crippen molar-refractivity contribution >= 4 is 39.3 Å². The van der Waals surface area contributed by atoms with Crippen molar-refractivity contribution in [1.29, 1.82) is 0 Å². The number of anilines is 1. The maximum absolute atomic E-state index is 13.6. The van der Waals surface area contributed by atoms with Gasteiger partial charge in [0.05, 0.1) is 41.7 Å². The Morgan fingerprint density at radius 3 is 2.43 bits per heavy atom. The molecule has 0 aliphatic carbocycles. The number of amides is 2. The van der Waals surface area contributed by atoms with Gasteiger partial charge >= 0.3 is 6.18 Å². The molecule has 0 unspecified atom stereocenters. The molecule has 11 nitrogen and oxygen atoms in total. The van der Waals surface area contributed by atoms with Gasteiger partial charge < -0.3 is 15.0 Å². The number of halogens is 3. The van der Waals surface area contributed by atoms with Crippen LogP contribution in [0.1, 0.15) is 27.3 Å². The van der Waals surface area contributed by atoms with Gasteiger partial charge in [0.25, 0.3) is 5.91 Å². The van der Waals surface area contributed by atoms with Crippen LogP contribution in [0.2, 0.25) is 0 Å². The number of ether oxygens (including phenoxy) is 1. The molecule has 1 saturated heterocycles. The monoisotopic (exact) mass is 686 g/mol. The highest BCUT2D eigenvalue weighted by Crippen LogP contribution is 2.33. The highest BCUT2D eigenvalue weighted by atomic mass is 32.2. The fourth-order valence-electron chi connectivity index (χ4n) is 5.37. The first-order valence-corrected chi connectivity index (χ1v) is 17.0. The standard InChI is InChI=1S/C31H29F3N6O5S2/c32-31(33,34)23-5-3-6-24(18-23)40-27(36-37-30(40)46-20-28(41)39-13-12-21-4-1-2-7-26(21)39)19-35-29(42)22-8-10-25(11-9-22)47(43,44)38-14-16-45-17-15-38/h1-11,18H,12-17,19-20H2,(H,35,42). The number of hydrogen-bond donors (Lipinski definition) is 1. The lowest BCUT2D eigenvalue weighted by molar-refractivity contribution is -0.137. The summed E-state index contributed by atoms with van der Waals surface area (Å²) in [5, 5.41) is 11.1. The Morgan fingerprint density at radius 1 is 0.936 bits per heavy atom. The van der Waals surface area contributed by atoms with Crippen LogP contribution >= 0.6 is 11.8 Å². The summed E-state index contributed by atoms with van der Waals surface area (Å²) in [7, 11) is -3.75. The molecule has 0 bridgehead atoms. The van der Waals surface area contributed by atoms with E-state index < -0.39 is 27.7 Å². The number of alkyl halides is 3. The number of benzene rings is 3. The van der Waals surface area contributed by atoms with Crippen molar-refractivity contribution in [2.45, 2.75) is 29.2 Å². The van der Waals surface area contributed by atoms with Crippen LogP contribution in [0.3, 0.4) is 0 Å². The molecule has 0 saturated carbocycles. The van der Waals surface area contributed by atoms with Gasteiger partial charge in [-0.3, -0.25) is 14.2 Å². The molecule has 6 rings (SSSR count). The van der Waals surface area contributed by atoms with E-state index in [9.17, 15) is 31.2 Å². The lowest BCUT2D eigenvalue weighted by Gasteiger charge is -2.26. The van der Waals surface area contributed by atoms with E-state index in [4.69, 9.17) is 4.74 Å². The summed E-state index contributed by atoms with van der Waals surface area (Å²) in [5.41, 5.74) is 1.28. The minimum atomic E-state index is -4.60. The predicted octanol–water partition coefficient (Wildman–Crippen LogP) is 3.92. The van der Waals surface area contributed by atoms with Crippen molar-refractivity contribution < 1.29 is 35.9 Å². The molecular formula is C31H29F3N6O5S2. The number of thioether (sulfide) groups is 1. The SMILES string of the molecule is O=C(NCc1nnc(SCC(=O)N2CCc3ccccc32)n1-c1cccc(C(F)(F)F)c1)c1ccc(S(=O)(=O)N2CCOCC2)cc1. The molecule has 2 aliphatic rings. The third-order valence-corrected chi connectivity index (χ3v) is 10.6. The van der Waals surface area contributed by atoms with E-state index in [-0.39, 0.29) is 58.4 Å². The molecule has 2 amide bonds. The normalized spacial score (nSPS) is 15.4. The number of aromatic nitrogens is 3. The average Bonchev–Trinajstić information content (AvgIpc) is 3.70. The zero-order valence-electron chi connectivity index (χ0n) is 24.8. The highest BCUT2D eigenvalue weighted by molar-refractivity contribution is 7.99. The van der Waals surface area contributed by atoms with Gasteiger partial charge in [0.1, 0.15) is 0 Å². The first-order valence-electron chi connectivity index (χ1n) is 14.6. The Hall–Kier alpha value is -4.25. The van der Waals surface area contributed by atoms with Gasteiger partial charge in [-0.15, -0.1) is 10.2 Å². The zero-order valence-corrected chi connectivity index (χ0v) is 26.4. The van der Waals surface area contributed by atoms with Crippen LogP contribution in [0.25, 0.3) is 5.69 Å². The van der Waals surface area contributed by atoms with E-state index >= 15 is 0 Å². The van der Waals surface area contributed by atoms with Crippen LogP contribution in [0.4, 0.5) is 18.9 Å². The number of nitrogens with zero attached hydrogens (tertiary/aromatic N) is 5. The van der Waals surface area contributed by atoms with Crippen LogP contribution in [0.15, 0.2) is 82.8 Å². The minimum absolute atomic E-state index is 0.0360. The Balaban J connectivity index is 1.20. The van der Waals surface area contributed by atoms with Crippen LogP contribution in [-0.4, -0.2) is 77.9 Å². The number of carbonyl (C=O) groups is 2. The molecule has 0 radical (unpaired) electrons. The van der Waals surface area contributed by atoms with E-state index in [2.05, 4.69) is 15.5 Å². The predicted molar refractivity (Wildman–Crippen MR) is 167 cm³/mol. The molecule has 16 heteroatoms. The maximum atomic E-state index is 13.6. The van der Waals surface area contributed by atoms with Crippen LogP contribution in [0, 0.1) is 0 Å². The minimum Gasteiger partial charge on any atom is -0.379 e. The van der Waals surface area contributed by atoms with E-state index in [0.29, 0.717) is 19.8 Å². The third kappa shape index (κ3) is 7.05. The smallest absolute Gasteiger partial charge is 0.379 e. The number of rotatable bonds is 9. The van der Waals surface area contributed by atoms with Gasteiger partial charge in [-0.25, -0.2) is 8.42 Å². The molecule has 4 aromatic rings. The topological polar surface area (TPSA) is 127 Å². The molecule has 1 fully saturated rings. The van der Waals surface area contributed by atoms with Crippen LogP contribution < -0.4 is 10.2 Å². The molecule has 3 aromatic carbocycles. The number of morpholine rings is 1. The van der Waals surface area contributed by atoms with Crippen molar-refractivity contribution in [3.05, 3.63) is 95.3 Å². The summed E-state index contributed by atoms with van der Waals surface area (Å²) in [6, 6.07) is 17.6. The number of sulfonamides is 1. The second-order valence-electron chi connectivity index (χ2n) is 10.7. The third-order valence-electron chi connectivity index (χ3n) is 7.78. The number of carbonyl (C=O) groups excluding carboxylic acids is 2. The van der Waals surface area contributed by atoms with Crippen molar-refractivity contribution in [1.82, 2.24) is 24.4 Å². The highest BCUT2D eigenvalue weighted by Gasteiger charge is 2.32. The quantitative estimate of drug-likeness (QED) is 0.263. The summed E-state index contributed by atoms with van der Waals surface area (Å²) >= 11 is 1.03. The van der Waals surface area contributed by atoms with E-state index in [1.165, 1.54) is 45.3 Å². The average molecular weight is 687 g/mol. The Bertz CT molecular complexity index is 1890. The molecule has 1 N–H and O–H groups in total. The molecule has 1 aromatic heterocycles. The summed E-state index contributed by atoms with van der Waals surface area (Å²) in [4.78, 5) is 27.9. The molecule has 0 spiro atoms. The Kier molecular flexibility index (Phi) is 9.36. The van der Waals surface area contributed by atoms with E-state index in [1.54, 1.807) is 4.90 Å². The molecule has 0 atom stereocenters. The summed E-state index contributed by atoms with van der Waals surface area (Å²) in [5.74, 6) is -0.661. The fraction of sp³-hybridized carbons (Fsp3) is 0.290. The van der Waals surface area contributed by atoms with Crippen molar-refractivity contribution in [2.75, 3.05) is 43.5 Å². The Labute approximate surface area is 272 Å². The number of fused-ring (bicyclic) bond motifs is 1. The maximum Gasteiger partial charge on any atom is 0.416 e. The van der Waals surface area contributed by atoms with Gasteiger partial charge in [0, 0.05) is 30.9 Å². The number of para-hydroxylation sites is 1. The number of nitrogens with one attached hydrogen (secondary N) is 1. The van der Waals surface area contributed by atoms with Crippen LogP contribution in [-0.2, 0) is 38.7 Å². The van der Waals surface area contributed by atoms with Crippen molar-refractivity contribution in [3.63, 3.8) is 0 Å². The first kappa shape index (κ1) is 32.7. The summed E-state index contributed by atoms with van der Waals surface area (Å²) in [6.07, 6.45) is -3.88.